The number of ether oxygens (including phenoxy) is 1. The predicted octanol–water partition coefficient (Wildman–Crippen LogP) is 2.84. The average Bonchev–Trinajstić information content (AvgIpc) is 2.55. The second kappa shape index (κ2) is 4.94. The number of aromatic nitrogens is 4. The molecule has 0 aliphatic rings. The summed E-state index contributed by atoms with van der Waals surface area (Å²) in [5.74, 6) is 1.83. The number of rotatable bonds is 3. The van der Waals surface area contributed by atoms with Gasteiger partial charge < -0.3 is 4.74 Å². The van der Waals surface area contributed by atoms with Gasteiger partial charge in [-0.1, -0.05) is 18.5 Å². The van der Waals surface area contributed by atoms with Gasteiger partial charge in [0.05, 0.1) is 5.69 Å². The highest BCUT2D eigenvalue weighted by molar-refractivity contribution is 6.29. The van der Waals surface area contributed by atoms with Crippen LogP contribution in [0.15, 0.2) is 6.07 Å². The summed E-state index contributed by atoms with van der Waals surface area (Å²) in [6.45, 7) is 5.81. The van der Waals surface area contributed by atoms with Gasteiger partial charge in [-0.15, -0.1) is 0 Å². The van der Waals surface area contributed by atoms with Gasteiger partial charge in [0.1, 0.15) is 16.7 Å². The second-order valence-electron chi connectivity index (χ2n) is 4.02. The van der Waals surface area contributed by atoms with Gasteiger partial charge in [-0.25, -0.2) is 4.98 Å². The van der Waals surface area contributed by atoms with Gasteiger partial charge in [-0.2, -0.15) is 10.1 Å². The SMILES string of the molecule is CCc1nc(Cl)cc(Oc2c(C)nn(C)c2C)n1. The number of hydrogen-bond acceptors (Lipinski definition) is 4. The highest BCUT2D eigenvalue weighted by Crippen LogP contribution is 2.27. The molecule has 0 saturated carbocycles. The van der Waals surface area contributed by atoms with Gasteiger partial charge in [0.25, 0.3) is 0 Å². The molecule has 0 unspecified atom stereocenters. The minimum absolute atomic E-state index is 0.385. The van der Waals surface area contributed by atoms with Crippen molar-refractivity contribution in [2.24, 2.45) is 7.05 Å². The molecule has 2 heterocycles. The van der Waals surface area contributed by atoms with Crippen molar-refractivity contribution in [2.45, 2.75) is 27.2 Å². The van der Waals surface area contributed by atoms with E-state index in [1.54, 1.807) is 10.7 Å². The first-order valence-electron chi connectivity index (χ1n) is 5.72. The number of halogens is 1. The van der Waals surface area contributed by atoms with Crippen molar-refractivity contribution in [2.75, 3.05) is 0 Å². The molecule has 2 aromatic rings. The van der Waals surface area contributed by atoms with E-state index in [2.05, 4.69) is 15.1 Å². The normalized spacial score (nSPS) is 10.7. The third-order valence-corrected chi connectivity index (χ3v) is 2.88. The summed E-state index contributed by atoms with van der Waals surface area (Å²) in [4.78, 5) is 8.38. The predicted molar refractivity (Wildman–Crippen MR) is 69.2 cm³/mol. The van der Waals surface area contributed by atoms with Crippen LogP contribution in [0.3, 0.4) is 0 Å². The molecule has 0 amide bonds. The Morgan fingerprint density at radius 2 is 2.06 bits per heavy atom. The van der Waals surface area contributed by atoms with Gasteiger partial charge in [-0.3, -0.25) is 4.68 Å². The standard InChI is InChI=1S/C12H15ClN4O/c1-5-10-14-9(13)6-11(15-10)18-12-7(2)16-17(4)8(12)3/h6H,5H2,1-4H3. The summed E-state index contributed by atoms with van der Waals surface area (Å²) in [7, 11) is 1.87. The first kappa shape index (κ1) is 12.8. The topological polar surface area (TPSA) is 52.8 Å². The third kappa shape index (κ3) is 2.46. The van der Waals surface area contributed by atoms with Crippen LogP contribution < -0.4 is 4.74 Å². The maximum atomic E-state index is 5.93. The number of nitrogens with zero attached hydrogens (tertiary/aromatic N) is 4. The highest BCUT2D eigenvalue weighted by Gasteiger charge is 2.13. The zero-order valence-electron chi connectivity index (χ0n) is 10.9. The van der Waals surface area contributed by atoms with Crippen LogP contribution >= 0.6 is 11.6 Å². The first-order valence-corrected chi connectivity index (χ1v) is 6.10. The molecular formula is C12H15ClN4O. The van der Waals surface area contributed by atoms with E-state index < -0.39 is 0 Å². The molecule has 2 aromatic heterocycles. The molecule has 0 atom stereocenters. The Hall–Kier alpha value is -1.62. The lowest BCUT2D eigenvalue weighted by atomic mass is 10.3. The monoisotopic (exact) mass is 266 g/mol. The molecule has 2 rings (SSSR count). The molecule has 0 saturated heterocycles. The Kier molecular flexibility index (Phi) is 3.52. The largest absolute Gasteiger partial charge is 0.435 e. The van der Waals surface area contributed by atoms with E-state index in [1.807, 2.05) is 27.8 Å². The van der Waals surface area contributed by atoms with E-state index in [0.29, 0.717) is 29.0 Å². The van der Waals surface area contributed by atoms with E-state index in [-0.39, 0.29) is 0 Å². The summed E-state index contributed by atoms with van der Waals surface area (Å²) in [5, 5.41) is 4.67. The van der Waals surface area contributed by atoms with Crippen molar-refractivity contribution < 1.29 is 4.74 Å². The van der Waals surface area contributed by atoms with E-state index in [4.69, 9.17) is 16.3 Å². The van der Waals surface area contributed by atoms with E-state index in [1.165, 1.54) is 0 Å². The Bertz CT molecular complexity index is 580. The zero-order chi connectivity index (χ0) is 13.3. The lowest BCUT2D eigenvalue weighted by Gasteiger charge is -2.06. The average molecular weight is 267 g/mol. The quantitative estimate of drug-likeness (QED) is 0.802. The minimum atomic E-state index is 0.385. The summed E-state index contributed by atoms with van der Waals surface area (Å²) in [6, 6.07) is 1.60. The van der Waals surface area contributed by atoms with Crippen LogP contribution in [0.25, 0.3) is 0 Å². The van der Waals surface area contributed by atoms with Crippen LogP contribution in [0.4, 0.5) is 0 Å². The molecule has 0 fully saturated rings. The summed E-state index contributed by atoms with van der Waals surface area (Å²) < 4.78 is 7.54. The van der Waals surface area contributed by atoms with Crippen LogP contribution in [0.1, 0.15) is 24.1 Å². The van der Waals surface area contributed by atoms with Gasteiger partial charge in [0.2, 0.25) is 5.88 Å². The second-order valence-corrected chi connectivity index (χ2v) is 4.41. The summed E-state index contributed by atoms with van der Waals surface area (Å²) >= 11 is 5.93. The fourth-order valence-electron chi connectivity index (χ4n) is 1.66. The maximum Gasteiger partial charge on any atom is 0.224 e. The molecule has 6 heteroatoms. The molecule has 0 aromatic carbocycles. The maximum absolute atomic E-state index is 5.93. The van der Waals surface area contributed by atoms with Crippen LogP contribution in [0.5, 0.6) is 11.6 Å². The number of aryl methyl sites for hydroxylation is 3. The van der Waals surface area contributed by atoms with Crippen molar-refractivity contribution in [3.63, 3.8) is 0 Å². The smallest absolute Gasteiger partial charge is 0.224 e. The lowest BCUT2D eigenvalue weighted by Crippen LogP contribution is -1.97. The molecule has 96 valence electrons. The van der Waals surface area contributed by atoms with E-state index >= 15 is 0 Å². The molecule has 0 bridgehead atoms. The molecular weight excluding hydrogens is 252 g/mol. The Balaban J connectivity index is 2.36. The molecule has 0 N–H and O–H groups in total. The van der Waals surface area contributed by atoms with Crippen LogP contribution in [-0.2, 0) is 13.5 Å². The van der Waals surface area contributed by atoms with E-state index in [0.717, 1.165) is 11.4 Å². The van der Waals surface area contributed by atoms with Crippen molar-refractivity contribution in [1.29, 1.82) is 0 Å². The third-order valence-electron chi connectivity index (χ3n) is 2.68. The molecule has 0 aliphatic heterocycles. The Morgan fingerprint density at radius 1 is 1.33 bits per heavy atom. The summed E-state index contributed by atoms with van der Waals surface area (Å²) in [6.07, 6.45) is 0.710. The molecule has 18 heavy (non-hydrogen) atoms. The Morgan fingerprint density at radius 3 is 2.61 bits per heavy atom. The number of hydrogen-bond donors (Lipinski definition) is 0. The minimum Gasteiger partial charge on any atom is -0.435 e. The lowest BCUT2D eigenvalue weighted by molar-refractivity contribution is 0.451. The van der Waals surface area contributed by atoms with E-state index in [9.17, 15) is 0 Å². The Labute approximate surface area is 111 Å². The van der Waals surface area contributed by atoms with Crippen LogP contribution in [-0.4, -0.2) is 19.7 Å². The van der Waals surface area contributed by atoms with Gasteiger partial charge in [0, 0.05) is 19.5 Å². The van der Waals surface area contributed by atoms with Crippen molar-refractivity contribution in [1.82, 2.24) is 19.7 Å². The van der Waals surface area contributed by atoms with Crippen molar-refractivity contribution in [3.8, 4) is 11.6 Å². The van der Waals surface area contributed by atoms with Gasteiger partial charge in [0.15, 0.2) is 5.75 Å². The fraction of sp³-hybridized carbons (Fsp3) is 0.417. The molecule has 0 aliphatic carbocycles. The van der Waals surface area contributed by atoms with Crippen molar-refractivity contribution >= 4 is 11.6 Å². The molecule has 0 radical (unpaired) electrons. The van der Waals surface area contributed by atoms with Gasteiger partial charge in [-0.05, 0) is 13.8 Å². The summed E-state index contributed by atoms with van der Waals surface area (Å²) in [5.41, 5.74) is 1.77. The van der Waals surface area contributed by atoms with Crippen molar-refractivity contribution in [3.05, 3.63) is 28.4 Å². The highest BCUT2D eigenvalue weighted by atomic mass is 35.5. The first-order chi connectivity index (χ1) is 8.51. The van der Waals surface area contributed by atoms with Crippen LogP contribution in [0, 0.1) is 13.8 Å². The van der Waals surface area contributed by atoms with Crippen LogP contribution in [0.2, 0.25) is 5.15 Å². The fourth-order valence-corrected chi connectivity index (χ4v) is 1.85. The molecule has 0 spiro atoms. The van der Waals surface area contributed by atoms with Gasteiger partial charge >= 0.3 is 0 Å². The zero-order valence-corrected chi connectivity index (χ0v) is 11.6. The molecule has 5 nitrogen and oxygen atoms in total.